The molecule has 1 fully saturated rings. The molecule has 0 radical (unpaired) electrons. The number of sulfonamides is 1. The van der Waals surface area contributed by atoms with E-state index in [1.54, 1.807) is 22.9 Å². The van der Waals surface area contributed by atoms with Crippen LogP contribution in [0.3, 0.4) is 0 Å². The molecule has 1 N–H and O–H groups in total. The normalized spacial score (nSPS) is 14.4. The Balaban J connectivity index is 1.74. The second kappa shape index (κ2) is 6.27. The summed E-state index contributed by atoms with van der Waals surface area (Å²) in [6, 6.07) is 6.77. The Morgan fingerprint density at radius 3 is 2.79 bits per heavy atom. The Bertz CT molecular complexity index is 854. The molecule has 1 amide bonds. The van der Waals surface area contributed by atoms with E-state index in [1.807, 2.05) is 25.1 Å². The fourth-order valence-corrected chi connectivity index (χ4v) is 3.24. The van der Waals surface area contributed by atoms with Crippen LogP contribution in [0.2, 0.25) is 0 Å². The van der Waals surface area contributed by atoms with Crippen molar-refractivity contribution in [3.63, 3.8) is 0 Å². The van der Waals surface area contributed by atoms with Gasteiger partial charge in [0, 0.05) is 38.1 Å². The molecule has 0 saturated heterocycles. The van der Waals surface area contributed by atoms with Crippen molar-refractivity contribution < 1.29 is 13.2 Å². The lowest BCUT2D eigenvalue weighted by molar-refractivity contribution is 0.0981. The quantitative estimate of drug-likeness (QED) is 0.855. The van der Waals surface area contributed by atoms with Crippen LogP contribution >= 0.6 is 0 Å². The molecular weight excluding hydrogens is 328 g/mol. The lowest BCUT2D eigenvalue weighted by atomic mass is 10.2. The van der Waals surface area contributed by atoms with Gasteiger partial charge in [-0.3, -0.25) is 9.48 Å². The Kier molecular flexibility index (Phi) is 4.31. The summed E-state index contributed by atoms with van der Waals surface area (Å²) in [5, 5.41) is 4.06. The molecule has 1 aliphatic rings. The Labute approximate surface area is 141 Å². The van der Waals surface area contributed by atoms with Crippen molar-refractivity contribution in [2.75, 3.05) is 19.0 Å². The standard InChI is InChI=1S/C16H20N4O3S/c1-19(2)14-5-3-4-13(8-14)16(21)18-24(22,23)15-9-17-20(11-15)10-12-6-7-12/h3-5,8-9,11-12H,6-7,10H2,1-2H3,(H,18,21). The average molecular weight is 348 g/mol. The topological polar surface area (TPSA) is 84.3 Å². The first-order valence-corrected chi connectivity index (χ1v) is 9.20. The molecule has 0 spiro atoms. The van der Waals surface area contributed by atoms with E-state index in [0.29, 0.717) is 12.5 Å². The van der Waals surface area contributed by atoms with Gasteiger partial charge in [-0.25, -0.2) is 13.1 Å². The fourth-order valence-electron chi connectivity index (χ4n) is 2.31. The number of anilines is 1. The smallest absolute Gasteiger partial charge is 0.267 e. The van der Waals surface area contributed by atoms with E-state index in [2.05, 4.69) is 9.82 Å². The molecule has 0 atom stereocenters. The predicted molar refractivity (Wildman–Crippen MR) is 90.4 cm³/mol. The minimum Gasteiger partial charge on any atom is -0.378 e. The van der Waals surface area contributed by atoms with Crippen LogP contribution in [-0.2, 0) is 16.6 Å². The minimum absolute atomic E-state index is 0.000245. The summed E-state index contributed by atoms with van der Waals surface area (Å²) in [5.74, 6) is -0.0718. The zero-order chi connectivity index (χ0) is 17.3. The lowest BCUT2D eigenvalue weighted by Crippen LogP contribution is -2.30. The second-order valence-electron chi connectivity index (χ2n) is 6.22. The van der Waals surface area contributed by atoms with Crippen molar-refractivity contribution in [1.82, 2.24) is 14.5 Å². The second-order valence-corrected chi connectivity index (χ2v) is 7.90. The molecule has 24 heavy (non-hydrogen) atoms. The summed E-state index contributed by atoms with van der Waals surface area (Å²) >= 11 is 0. The largest absolute Gasteiger partial charge is 0.378 e. The monoisotopic (exact) mass is 348 g/mol. The van der Waals surface area contributed by atoms with Gasteiger partial charge in [0.25, 0.3) is 15.9 Å². The maximum Gasteiger partial charge on any atom is 0.267 e. The molecule has 1 aromatic heterocycles. The molecule has 1 aromatic carbocycles. The van der Waals surface area contributed by atoms with E-state index in [0.717, 1.165) is 18.5 Å². The van der Waals surface area contributed by atoms with Crippen LogP contribution < -0.4 is 9.62 Å². The summed E-state index contributed by atoms with van der Waals surface area (Å²) in [4.78, 5) is 14.1. The number of nitrogens with one attached hydrogen (secondary N) is 1. The van der Waals surface area contributed by atoms with Crippen LogP contribution in [0, 0.1) is 5.92 Å². The molecule has 1 aliphatic carbocycles. The molecule has 0 aliphatic heterocycles. The first kappa shape index (κ1) is 16.5. The van der Waals surface area contributed by atoms with E-state index < -0.39 is 15.9 Å². The number of carbonyl (C=O) groups is 1. The molecular formula is C16H20N4O3S. The molecule has 2 aromatic rings. The van der Waals surface area contributed by atoms with Crippen molar-refractivity contribution in [3.8, 4) is 0 Å². The van der Waals surface area contributed by atoms with E-state index in [9.17, 15) is 13.2 Å². The zero-order valence-electron chi connectivity index (χ0n) is 13.6. The number of nitrogens with zero attached hydrogens (tertiary/aromatic N) is 3. The molecule has 1 saturated carbocycles. The van der Waals surface area contributed by atoms with Crippen molar-refractivity contribution in [1.29, 1.82) is 0 Å². The summed E-state index contributed by atoms with van der Waals surface area (Å²) < 4.78 is 28.4. The Hall–Kier alpha value is -2.35. The third kappa shape index (κ3) is 3.76. The van der Waals surface area contributed by atoms with Gasteiger partial charge in [0.1, 0.15) is 4.90 Å². The number of aromatic nitrogens is 2. The first-order chi connectivity index (χ1) is 11.3. The number of hydrogen-bond donors (Lipinski definition) is 1. The number of benzene rings is 1. The molecule has 1 heterocycles. The first-order valence-electron chi connectivity index (χ1n) is 7.72. The van der Waals surface area contributed by atoms with Gasteiger partial charge in [0.2, 0.25) is 0 Å². The van der Waals surface area contributed by atoms with Gasteiger partial charge in [-0.2, -0.15) is 5.10 Å². The van der Waals surface area contributed by atoms with Crippen molar-refractivity contribution in [3.05, 3.63) is 42.2 Å². The third-order valence-electron chi connectivity index (χ3n) is 3.91. The van der Waals surface area contributed by atoms with Crippen molar-refractivity contribution >= 4 is 21.6 Å². The number of carbonyl (C=O) groups excluding carboxylic acids is 1. The molecule has 7 nitrogen and oxygen atoms in total. The minimum atomic E-state index is -3.93. The van der Waals surface area contributed by atoms with Gasteiger partial charge in [0.15, 0.2) is 0 Å². The van der Waals surface area contributed by atoms with Crippen LogP contribution in [0.25, 0.3) is 0 Å². The molecule has 0 unspecified atom stereocenters. The van der Waals surface area contributed by atoms with Crippen LogP contribution in [-0.4, -0.2) is 38.2 Å². The predicted octanol–water partition coefficient (Wildman–Crippen LogP) is 1.48. The van der Waals surface area contributed by atoms with Crippen LogP contribution in [0.1, 0.15) is 23.2 Å². The maximum absolute atomic E-state index is 12.4. The molecule has 3 rings (SSSR count). The number of hydrogen-bond acceptors (Lipinski definition) is 5. The molecule has 8 heteroatoms. The molecule has 128 valence electrons. The van der Waals surface area contributed by atoms with Crippen LogP contribution in [0.15, 0.2) is 41.6 Å². The van der Waals surface area contributed by atoms with Gasteiger partial charge in [-0.05, 0) is 37.0 Å². The highest BCUT2D eigenvalue weighted by molar-refractivity contribution is 7.90. The van der Waals surface area contributed by atoms with Crippen molar-refractivity contribution in [2.24, 2.45) is 5.92 Å². The average Bonchev–Trinajstić information content (AvgIpc) is 3.21. The number of amides is 1. The van der Waals surface area contributed by atoms with E-state index in [4.69, 9.17) is 0 Å². The SMILES string of the molecule is CN(C)c1cccc(C(=O)NS(=O)(=O)c2cnn(CC3CC3)c2)c1. The van der Waals surface area contributed by atoms with Gasteiger partial charge < -0.3 is 4.90 Å². The summed E-state index contributed by atoms with van der Waals surface area (Å²) in [7, 11) is -0.233. The van der Waals surface area contributed by atoms with E-state index in [1.165, 1.54) is 12.4 Å². The van der Waals surface area contributed by atoms with E-state index >= 15 is 0 Å². The highest BCUT2D eigenvalue weighted by atomic mass is 32.2. The van der Waals surface area contributed by atoms with Crippen LogP contribution in [0.4, 0.5) is 5.69 Å². The summed E-state index contributed by atoms with van der Waals surface area (Å²) in [5.41, 5.74) is 1.10. The Morgan fingerprint density at radius 1 is 1.38 bits per heavy atom. The lowest BCUT2D eigenvalue weighted by Gasteiger charge is -2.13. The van der Waals surface area contributed by atoms with E-state index in [-0.39, 0.29) is 10.5 Å². The maximum atomic E-state index is 12.4. The number of rotatable bonds is 6. The molecule has 0 bridgehead atoms. The fraction of sp³-hybridized carbons (Fsp3) is 0.375. The highest BCUT2D eigenvalue weighted by Crippen LogP contribution is 2.30. The van der Waals surface area contributed by atoms with Crippen molar-refractivity contribution in [2.45, 2.75) is 24.3 Å². The van der Waals surface area contributed by atoms with Gasteiger partial charge in [-0.1, -0.05) is 6.07 Å². The summed E-state index contributed by atoms with van der Waals surface area (Å²) in [6.07, 6.45) is 5.04. The Morgan fingerprint density at radius 2 is 2.12 bits per heavy atom. The van der Waals surface area contributed by atoms with Crippen LogP contribution in [0.5, 0.6) is 0 Å². The zero-order valence-corrected chi connectivity index (χ0v) is 14.5. The van der Waals surface area contributed by atoms with Gasteiger partial charge >= 0.3 is 0 Å². The summed E-state index contributed by atoms with van der Waals surface area (Å²) in [6.45, 7) is 0.717. The highest BCUT2D eigenvalue weighted by Gasteiger charge is 2.24. The van der Waals surface area contributed by atoms with Gasteiger partial charge in [0.05, 0.1) is 6.20 Å². The van der Waals surface area contributed by atoms with Gasteiger partial charge in [-0.15, -0.1) is 0 Å². The third-order valence-corrected chi connectivity index (χ3v) is 5.20.